The van der Waals surface area contributed by atoms with Crippen molar-refractivity contribution in [3.63, 3.8) is 0 Å². The van der Waals surface area contributed by atoms with Crippen LogP contribution in [0.3, 0.4) is 0 Å². The number of hydrogen-bond donors (Lipinski definition) is 2. The van der Waals surface area contributed by atoms with Crippen LogP contribution in [-0.2, 0) is 11.0 Å². The van der Waals surface area contributed by atoms with E-state index in [1.807, 2.05) is 0 Å². The maximum atomic E-state index is 13.5. The predicted molar refractivity (Wildman–Crippen MR) is 93.3 cm³/mol. The molecule has 0 fully saturated rings. The number of nitrogens with one attached hydrogen (secondary N) is 2. The van der Waals surface area contributed by atoms with E-state index in [1.165, 1.54) is 35.0 Å². The molecule has 0 bridgehead atoms. The first-order chi connectivity index (χ1) is 13.3. The van der Waals surface area contributed by atoms with Gasteiger partial charge in [0.05, 0.1) is 11.3 Å². The molecule has 3 aromatic rings. The second kappa shape index (κ2) is 6.32. The van der Waals surface area contributed by atoms with Crippen molar-refractivity contribution in [3.8, 4) is 5.82 Å². The highest BCUT2D eigenvalue weighted by atomic mass is 19.4. The van der Waals surface area contributed by atoms with Gasteiger partial charge in [0.2, 0.25) is 5.91 Å². The van der Waals surface area contributed by atoms with Gasteiger partial charge in [-0.1, -0.05) is 18.2 Å². The van der Waals surface area contributed by atoms with Crippen molar-refractivity contribution in [2.75, 3.05) is 5.32 Å². The van der Waals surface area contributed by atoms with Gasteiger partial charge in [0.25, 0.3) is 5.56 Å². The molecular weight excluding hydrogens is 375 g/mol. The van der Waals surface area contributed by atoms with E-state index in [1.54, 1.807) is 6.92 Å². The Hall–Kier alpha value is -3.43. The van der Waals surface area contributed by atoms with E-state index >= 15 is 0 Å². The third kappa shape index (κ3) is 2.96. The van der Waals surface area contributed by atoms with Crippen LogP contribution >= 0.6 is 0 Å². The highest BCUT2D eigenvalue weighted by molar-refractivity contribution is 5.95. The van der Waals surface area contributed by atoms with Crippen LogP contribution in [0.1, 0.15) is 34.7 Å². The molecule has 1 amide bonds. The average Bonchev–Trinajstić information content (AvgIpc) is 2.97. The van der Waals surface area contributed by atoms with Gasteiger partial charge >= 0.3 is 6.18 Å². The van der Waals surface area contributed by atoms with E-state index in [-0.39, 0.29) is 23.6 Å². The molecule has 1 aromatic carbocycles. The first-order valence-electron chi connectivity index (χ1n) is 8.37. The first kappa shape index (κ1) is 18.0. The fourth-order valence-electron chi connectivity index (χ4n) is 3.49. The molecule has 1 aliphatic rings. The molecule has 1 atom stereocenters. The molecule has 3 heterocycles. The molecule has 0 saturated heterocycles. The summed E-state index contributed by atoms with van der Waals surface area (Å²) >= 11 is 0. The van der Waals surface area contributed by atoms with Crippen LogP contribution in [0.4, 0.5) is 19.0 Å². The predicted octanol–water partition coefficient (Wildman–Crippen LogP) is 2.76. The quantitative estimate of drug-likeness (QED) is 0.705. The van der Waals surface area contributed by atoms with E-state index in [9.17, 15) is 22.8 Å². The molecule has 1 aliphatic heterocycles. The topological polar surface area (TPSA) is 92.7 Å². The van der Waals surface area contributed by atoms with Gasteiger partial charge in [0, 0.05) is 24.0 Å². The number of rotatable bonds is 2. The Morgan fingerprint density at radius 2 is 1.89 bits per heavy atom. The van der Waals surface area contributed by atoms with Crippen molar-refractivity contribution in [1.29, 1.82) is 0 Å². The third-order valence-corrected chi connectivity index (χ3v) is 4.63. The lowest BCUT2D eigenvalue weighted by Gasteiger charge is -2.26. The van der Waals surface area contributed by atoms with E-state index in [2.05, 4.69) is 20.6 Å². The summed E-state index contributed by atoms with van der Waals surface area (Å²) in [4.78, 5) is 23.5. The maximum Gasteiger partial charge on any atom is 0.416 e. The minimum absolute atomic E-state index is 0.0168. The van der Waals surface area contributed by atoms with Gasteiger partial charge in [-0.2, -0.15) is 28.1 Å². The van der Waals surface area contributed by atoms with E-state index in [4.69, 9.17) is 0 Å². The van der Waals surface area contributed by atoms with Gasteiger partial charge in [0.15, 0.2) is 5.82 Å². The SMILES string of the molecule is Cc1nn(-c2ccc(=O)[nH]n2)c2c1C(c1ccccc1C(F)(F)F)CC(=O)N2. The largest absolute Gasteiger partial charge is 0.416 e. The van der Waals surface area contributed by atoms with Gasteiger partial charge in [-0.25, -0.2) is 5.10 Å². The number of aromatic nitrogens is 4. The number of carbonyl (C=O) groups excluding carboxylic acids is 1. The van der Waals surface area contributed by atoms with E-state index < -0.39 is 29.1 Å². The van der Waals surface area contributed by atoms with Gasteiger partial charge in [0.1, 0.15) is 5.82 Å². The zero-order chi connectivity index (χ0) is 20.1. The molecule has 7 nitrogen and oxygen atoms in total. The minimum Gasteiger partial charge on any atom is -0.310 e. The number of amides is 1. The molecule has 1 unspecified atom stereocenters. The summed E-state index contributed by atoms with van der Waals surface area (Å²) in [5.74, 6) is -0.762. The monoisotopic (exact) mass is 389 g/mol. The van der Waals surface area contributed by atoms with Gasteiger partial charge < -0.3 is 5.32 Å². The highest BCUT2D eigenvalue weighted by Crippen LogP contribution is 2.44. The Morgan fingerprint density at radius 3 is 2.57 bits per heavy atom. The van der Waals surface area contributed by atoms with Crippen LogP contribution in [0, 0.1) is 6.92 Å². The molecule has 0 radical (unpaired) electrons. The summed E-state index contributed by atoms with van der Waals surface area (Å²) < 4.78 is 41.9. The summed E-state index contributed by atoms with van der Waals surface area (Å²) in [6, 6.07) is 7.87. The minimum atomic E-state index is -4.55. The van der Waals surface area contributed by atoms with Gasteiger partial charge in [-0.3, -0.25) is 9.59 Å². The fourth-order valence-corrected chi connectivity index (χ4v) is 3.49. The van der Waals surface area contributed by atoms with Crippen LogP contribution in [0.2, 0.25) is 0 Å². The zero-order valence-electron chi connectivity index (χ0n) is 14.5. The van der Waals surface area contributed by atoms with Crippen LogP contribution in [-0.4, -0.2) is 25.9 Å². The summed E-state index contributed by atoms with van der Waals surface area (Å²) in [6.45, 7) is 1.65. The molecule has 2 N–H and O–H groups in total. The number of carbonyl (C=O) groups is 1. The Bertz CT molecular complexity index is 1110. The van der Waals surface area contributed by atoms with Crippen molar-refractivity contribution in [3.05, 3.63) is 69.1 Å². The normalized spacial score (nSPS) is 16.6. The summed E-state index contributed by atoms with van der Waals surface area (Å²) in [7, 11) is 0. The number of hydrogen-bond acceptors (Lipinski definition) is 4. The smallest absolute Gasteiger partial charge is 0.310 e. The summed E-state index contributed by atoms with van der Waals surface area (Å²) in [6.07, 6.45) is -4.68. The van der Waals surface area contributed by atoms with Crippen LogP contribution in [0.25, 0.3) is 5.82 Å². The summed E-state index contributed by atoms with van der Waals surface area (Å²) in [5.41, 5.74) is -0.227. The van der Waals surface area contributed by atoms with Crippen molar-refractivity contribution in [2.24, 2.45) is 0 Å². The number of fused-ring (bicyclic) bond motifs is 1. The number of benzene rings is 1. The van der Waals surface area contributed by atoms with Crippen molar-refractivity contribution < 1.29 is 18.0 Å². The number of alkyl halides is 3. The van der Waals surface area contributed by atoms with E-state index in [0.29, 0.717) is 11.3 Å². The van der Waals surface area contributed by atoms with Crippen LogP contribution in [0.15, 0.2) is 41.2 Å². The number of H-pyrrole nitrogens is 1. The lowest BCUT2D eigenvalue weighted by molar-refractivity contribution is -0.138. The molecular formula is C18H14F3N5O2. The lowest BCUT2D eigenvalue weighted by Crippen LogP contribution is -2.26. The van der Waals surface area contributed by atoms with Crippen LogP contribution in [0.5, 0.6) is 0 Å². The number of aryl methyl sites for hydroxylation is 1. The van der Waals surface area contributed by atoms with E-state index in [0.717, 1.165) is 6.07 Å². The zero-order valence-corrected chi connectivity index (χ0v) is 14.5. The average molecular weight is 389 g/mol. The Balaban J connectivity index is 1.91. The Labute approximate surface area is 156 Å². The molecule has 10 heteroatoms. The first-order valence-corrected chi connectivity index (χ1v) is 8.37. The summed E-state index contributed by atoms with van der Waals surface area (Å²) in [5, 5.41) is 13.1. The number of halogens is 3. The van der Waals surface area contributed by atoms with Crippen LogP contribution < -0.4 is 10.9 Å². The van der Waals surface area contributed by atoms with Crippen molar-refractivity contribution in [2.45, 2.75) is 25.4 Å². The van der Waals surface area contributed by atoms with Gasteiger partial charge in [-0.15, -0.1) is 0 Å². The molecule has 144 valence electrons. The van der Waals surface area contributed by atoms with Crippen molar-refractivity contribution >= 4 is 11.7 Å². The Kier molecular flexibility index (Phi) is 4.06. The number of anilines is 1. The lowest BCUT2D eigenvalue weighted by atomic mass is 9.83. The molecule has 28 heavy (non-hydrogen) atoms. The molecule has 4 rings (SSSR count). The molecule has 0 spiro atoms. The fraction of sp³-hybridized carbons (Fsp3) is 0.222. The number of nitrogens with zero attached hydrogens (tertiary/aromatic N) is 3. The second-order valence-corrected chi connectivity index (χ2v) is 6.43. The molecule has 0 saturated carbocycles. The number of aromatic amines is 1. The molecule has 0 aliphatic carbocycles. The van der Waals surface area contributed by atoms with Crippen molar-refractivity contribution in [1.82, 2.24) is 20.0 Å². The third-order valence-electron chi connectivity index (χ3n) is 4.63. The van der Waals surface area contributed by atoms with Gasteiger partial charge in [-0.05, 0) is 24.6 Å². The Morgan fingerprint density at radius 1 is 1.14 bits per heavy atom. The highest BCUT2D eigenvalue weighted by Gasteiger charge is 2.39. The molecule has 2 aromatic heterocycles. The second-order valence-electron chi connectivity index (χ2n) is 6.43. The maximum absolute atomic E-state index is 13.5. The standard InChI is InChI=1S/C18H14F3N5O2/c1-9-16-11(10-4-2-3-5-12(10)18(19,20)21)8-15(28)22-17(16)26(25-9)13-6-7-14(27)24-23-13/h2-7,11H,8H2,1H3,(H,22,28)(H,24,27).